The van der Waals surface area contributed by atoms with E-state index in [9.17, 15) is 9.59 Å². The molecule has 0 spiro atoms. The van der Waals surface area contributed by atoms with Crippen molar-refractivity contribution in [1.82, 2.24) is 15.1 Å². The van der Waals surface area contributed by atoms with Gasteiger partial charge in [-0.25, -0.2) is 0 Å². The molecule has 0 fully saturated rings. The lowest BCUT2D eigenvalue weighted by molar-refractivity contribution is -0.117. The standard InChI is InChI=1S/C17H23N5O4/c1-25-8-7-18-10-16(23)21-14-9-19-22(11-14)12-17(24)20-13-3-5-15(26-2)6-4-13/h3-6,9,11,18H,7-8,10,12H2,1-2H3,(H,20,24)(H,21,23). The van der Waals surface area contributed by atoms with Crippen LogP contribution in [-0.2, 0) is 20.9 Å². The zero-order chi connectivity index (χ0) is 18.8. The van der Waals surface area contributed by atoms with Gasteiger partial charge < -0.3 is 25.4 Å². The zero-order valence-electron chi connectivity index (χ0n) is 14.8. The number of hydrogen-bond donors (Lipinski definition) is 3. The Kier molecular flexibility index (Phi) is 7.59. The largest absolute Gasteiger partial charge is 0.497 e. The predicted octanol–water partition coefficient (Wildman–Crippen LogP) is 0.705. The van der Waals surface area contributed by atoms with E-state index in [1.54, 1.807) is 44.7 Å². The summed E-state index contributed by atoms with van der Waals surface area (Å²) in [7, 11) is 3.18. The molecule has 140 valence electrons. The van der Waals surface area contributed by atoms with Crippen LogP contribution >= 0.6 is 0 Å². The summed E-state index contributed by atoms with van der Waals surface area (Å²) < 4.78 is 11.4. The highest BCUT2D eigenvalue weighted by Gasteiger charge is 2.08. The highest BCUT2D eigenvalue weighted by molar-refractivity contribution is 5.92. The molecule has 0 saturated heterocycles. The summed E-state index contributed by atoms with van der Waals surface area (Å²) in [6.45, 7) is 1.34. The number of amides is 2. The van der Waals surface area contributed by atoms with Crippen LogP contribution in [0.1, 0.15) is 0 Å². The number of aromatic nitrogens is 2. The molecule has 0 unspecified atom stereocenters. The monoisotopic (exact) mass is 361 g/mol. The molecule has 0 aliphatic heterocycles. The fourth-order valence-electron chi connectivity index (χ4n) is 2.12. The molecule has 2 aromatic rings. The summed E-state index contributed by atoms with van der Waals surface area (Å²) in [6, 6.07) is 7.03. The number of ether oxygens (including phenoxy) is 2. The second-order valence-electron chi connectivity index (χ2n) is 5.42. The number of anilines is 2. The van der Waals surface area contributed by atoms with Crippen molar-refractivity contribution in [3.05, 3.63) is 36.7 Å². The van der Waals surface area contributed by atoms with Gasteiger partial charge in [0.1, 0.15) is 12.3 Å². The fourth-order valence-corrected chi connectivity index (χ4v) is 2.12. The van der Waals surface area contributed by atoms with Crippen molar-refractivity contribution < 1.29 is 19.1 Å². The van der Waals surface area contributed by atoms with Gasteiger partial charge in [-0.1, -0.05) is 0 Å². The van der Waals surface area contributed by atoms with Crippen LogP contribution in [0.25, 0.3) is 0 Å². The minimum atomic E-state index is -0.225. The smallest absolute Gasteiger partial charge is 0.246 e. The molecule has 0 aliphatic rings. The highest BCUT2D eigenvalue weighted by Crippen LogP contribution is 2.15. The molecule has 0 aliphatic carbocycles. The Morgan fingerprint density at radius 1 is 1.08 bits per heavy atom. The van der Waals surface area contributed by atoms with Crippen LogP contribution in [-0.4, -0.2) is 55.5 Å². The topological polar surface area (TPSA) is 107 Å². The maximum atomic E-state index is 12.1. The van der Waals surface area contributed by atoms with Gasteiger partial charge in [-0.2, -0.15) is 5.10 Å². The van der Waals surface area contributed by atoms with Gasteiger partial charge in [-0.15, -0.1) is 0 Å². The molecule has 0 radical (unpaired) electrons. The van der Waals surface area contributed by atoms with E-state index >= 15 is 0 Å². The van der Waals surface area contributed by atoms with E-state index in [4.69, 9.17) is 9.47 Å². The van der Waals surface area contributed by atoms with Crippen LogP contribution in [0, 0.1) is 0 Å². The highest BCUT2D eigenvalue weighted by atomic mass is 16.5. The van der Waals surface area contributed by atoms with E-state index in [1.165, 1.54) is 10.9 Å². The van der Waals surface area contributed by atoms with Gasteiger partial charge in [-0.3, -0.25) is 14.3 Å². The Hall–Kier alpha value is -2.91. The fraction of sp³-hybridized carbons (Fsp3) is 0.353. The van der Waals surface area contributed by atoms with Crippen LogP contribution in [0.2, 0.25) is 0 Å². The summed E-state index contributed by atoms with van der Waals surface area (Å²) >= 11 is 0. The third-order valence-corrected chi connectivity index (χ3v) is 3.36. The van der Waals surface area contributed by atoms with Crippen molar-refractivity contribution in [3.8, 4) is 5.75 Å². The average molecular weight is 361 g/mol. The van der Waals surface area contributed by atoms with Gasteiger partial charge >= 0.3 is 0 Å². The molecule has 2 rings (SSSR count). The predicted molar refractivity (Wildman–Crippen MR) is 97.2 cm³/mol. The molecule has 2 amide bonds. The van der Waals surface area contributed by atoms with Gasteiger partial charge in [0.15, 0.2) is 0 Å². The number of nitrogens with zero attached hydrogens (tertiary/aromatic N) is 2. The van der Waals surface area contributed by atoms with E-state index in [0.29, 0.717) is 30.3 Å². The van der Waals surface area contributed by atoms with Crippen molar-refractivity contribution >= 4 is 23.2 Å². The Bertz CT molecular complexity index is 714. The number of hydrogen-bond acceptors (Lipinski definition) is 6. The lowest BCUT2D eigenvalue weighted by atomic mass is 10.3. The normalized spacial score (nSPS) is 10.4. The first-order chi connectivity index (χ1) is 12.6. The molecule has 1 aromatic carbocycles. The number of methoxy groups -OCH3 is 2. The Morgan fingerprint density at radius 3 is 2.50 bits per heavy atom. The Morgan fingerprint density at radius 2 is 1.81 bits per heavy atom. The zero-order valence-corrected chi connectivity index (χ0v) is 14.8. The van der Waals surface area contributed by atoms with E-state index < -0.39 is 0 Å². The van der Waals surface area contributed by atoms with E-state index in [1.807, 2.05) is 0 Å². The average Bonchev–Trinajstić information content (AvgIpc) is 3.06. The molecule has 3 N–H and O–H groups in total. The lowest BCUT2D eigenvalue weighted by Crippen LogP contribution is -2.30. The van der Waals surface area contributed by atoms with Gasteiger partial charge in [-0.05, 0) is 24.3 Å². The van der Waals surface area contributed by atoms with Crippen molar-refractivity contribution in [3.63, 3.8) is 0 Å². The molecule has 0 atom stereocenters. The molecular formula is C17H23N5O4. The third kappa shape index (κ3) is 6.54. The van der Waals surface area contributed by atoms with Gasteiger partial charge in [0.25, 0.3) is 0 Å². The summed E-state index contributed by atoms with van der Waals surface area (Å²) in [5.74, 6) is 0.299. The first-order valence-corrected chi connectivity index (χ1v) is 8.06. The van der Waals surface area contributed by atoms with Gasteiger partial charge in [0.05, 0.1) is 32.1 Å². The van der Waals surface area contributed by atoms with Crippen molar-refractivity contribution in [1.29, 1.82) is 0 Å². The van der Waals surface area contributed by atoms with Crippen molar-refractivity contribution in [2.75, 3.05) is 44.5 Å². The van der Waals surface area contributed by atoms with Crippen LogP contribution in [0.4, 0.5) is 11.4 Å². The van der Waals surface area contributed by atoms with Gasteiger partial charge in [0.2, 0.25) is 11.8 Å². The molecule has 0 saturated carbocycles. The van der Waals surface area contributed by atoms with Crippen LogP contribution in [0.5, 0.6) is 5.75 Å². The molecular weight excluding hydrogens is 338 g/mol. The van der Waals surface area contributed by atoms with E-state index in [0.717, 1.165) is 0 Å². The number of benzene rings is 1. The SMILES string of the molecule is COCCNCC(=O)Nc1cnn(CC(=O)Nc2ccc(OC)cc2)c1. The summed E-state index contributed by atoms with van der Waals surface area (Å²) in [6.07, 6.45) is 3.09. The molecule has 26 heavy (non-hydrogen) atoms. The van der Waals surface area contributed by atoms with Crippen molar-refractivity contribution in [2.24, 2.45) is 0 Å². The first kappa shape index (κ1) is 19.4. The number of rotatable bonds is 10. The molecule has 0 bridgehead atoms. The second-order valence-corrected chi connectivity index (χ2v) is 5.42. The first-order valence-electron chi connectivity index (χ1n) is 8.06. The number of carbonyl (C=O) groups is 2. The maximum absolute atomic E-state index is 12.1. The molecule has 9 nitrogen and oxygen atoms in total. The van der Waals surface area contributed by atoms with Gasteiger partial charge in [0, 0.05) is 25.5 Å². The molecule has 9 heteroatoms. The number of nitrogens with one attached hydrogen (secondary N) is 3. The van der Waals surface area contributed by atoms with Crippen LogP contribution in [0.3, 0.4) is 0 Å². The van der Waals surface area contributed by atoms with E-state index in [-0.39, 0.29) is 24.9 Å². The minimum absolute atomic E-state index is 0.0357. The second kappa shape index (κ2) is 10.2. The van der Waals surface area contributed by atoms with E-state index in [2.05, 4.69) is 21.0 Å². The quantitative estimate of drug-likeness (QED) is 0.538. The van der Waals surface area contributed by atoms with Crippen molar-refractivity contribution in [2.45, 2.75) is 6.54 Å². The summed E-state index contributed by atoms with van der Waals surface area (Å²) in [5, 5.41) is 12.5. The third-order valence-electron chi connectivity index (χ3n) is 3.36. The van der Waals surface area contributed by atoms with Crippen LogP contribution < -0.4 is 20.7 Å². The summed E-state index contributed by atoms with van der Waals surface area (Å²) in [5.41, 5.74) is 1.19. The summed E-state index contributed by atoms with van der Waals surface area (Å²) in [4.78, 5) is 23.8. The minimum Gasteiger partial charge on any atom is -0.497 e. The Balaban J connectivity index is 1.77. The molecule has 1 heterocycles. The number of carbonyl (C=O) groups excluding carboxylic acids is 2. The molecule has 1 aromatic heterocycles. The Labute approximate surface area is 151 Å². The lowest BCUT2D eigenvalue weighted by Gasteiger charge is -2.06. The maximum Gasteiger partial charge on any atom is 0.246 e. The van der Waals surface area contributed by atoms with Crippen LogP contribution in [0.15, 0.2) is 36.7 Å².